The van der Waals surface area contributed by atoms with E-state index in [4.69, 9.17) is 4.74 Å². The Balaban J connectivity index is 1.42. The summed E-state index contributed by atoms with van der Waals surface area (Å²) in [6.07, 6.45) is 0. The Hall–Kier alpha value is -0.250. The number of benzene rings is 4. The summed E-state index contributed by atoms with van der Waals surface area (Å²) in [5.41, 5.74) is 3.79. The maximum Gasteiger partial charge on any atom is 0.142 e. The molecule has 0 spiro atoms. The van der Waals surface area contributed by atoms with E-state index in [1.807, 2.05) is 12.1 Å². The molecule has 0 aliphatic carbocycles. The predicted molar refractivity (Wildman–Crippen MR) is 165 cm³/mol. The molecule has 4 aromatic rings. The van der Waals surface area contributed by atoms with Crippen molar-refractivity contribution in [1.29, 1.82) is 0 Å². The number of phenolic OH excluding ortho intramolecular Hbond substituents is 1. The van der Waals surface area contributed by atoms with Gasteiger partial charge in [-0.2, -0.15) is 10.9 Å². The van der Waals surface area contributed by atoms with Gasteiger partial charge in [0.1, 0.15) is 18.1 Å². The highest BCUT2D eigenvalue weighted by atomic mass is 127. The minimum atomic E-state index is -0.566. The van der Waals surface area contributed by atoms with Crippen LogP contribution in [0.3, 0.4) is 0 Å². The third-order valence-corrected chi connectivity index (χ3v) is 10.8. The molecule has 162 valence electrons. The van der Waals surface area contributed by atoms with E-state index in [9.17, 15) is 5.11 Å². The van der Waals surface area contributed by atoms with Crippen molar-refractivity contribution in [3.05, 3.63) is 92.6 Å². The van der Waals surface area contributed by atoms with Crippen LogP contribution < -0.4 is 4.74 Å². The molecule has 5 rings (SSSR count). The van der Waals surface area contributed by atoms with E-state index in [-0.39, 0.29) is 0 Å². The Morgan fingerprint density at radius 1 is 0.688 bits per heavy atom. The van der Waals surface area contributed by atoms with Gasteiger partial charge in [-0.15, -0.1) is 0 Å². The fourth-order valence-corrected chi connectivity index (χ4v) is 9.25. The van der Waals surface area contributed by atoms with E-state index in [1.165, 1.54) is 33.0 Å². The van der Waals surface area contributed by atoms with Crippen LogP contribution in [0.2, 0.25) is 0 Å². The van der Waals surface area contributed by atoms with Gasteiger partial charge in [-0.3, -0.25) is 0 Å². The number of thiol groups is 1. The van der Waals surface area contributed by atoms with Gasteiger partial charge in [0.2, 0.25) is 0 Å². The van der Waals surface area contributed by atoms with Crippen LogP contribution in [0.5, 0.6) is 11.5 Å². The van der Waals surface area contributed by atoms with Crippen molar-refractivity contribution in [2.24, 2.45) is 0 Å². The first-order valence-corrected chi connectivity index (χ1v) is 15.4. The van der Waals surface area contributed by atoms with E-state index in [0.717, 1.165) is 18.5 Å². The van der Waals surface area contributed by atoms with Gasteiger partial charge in [-0.1, -0.05) is 0 Å². The molecule has 0 saturated carbocycles. The van der Waals surface area contributed by atoms with Gasteiger partial charge in [-0.25, -0.2) is 0 Å². The molecule has 0 bridgehead atoms. The predicted octanol–water partition coefficient (Wildman–Crippen LogP) is 8.85. The van der Waals surface area contributed by atoms with Gasteiger partial charge in [0, 0.05) is 16.9 Å². The fraction of sp³-hybridized carbons (Fsp3) is 0.0400. The van der Waals surface area contributed by atoms with Crippen LogP contribution in [-0.2, 0) is 6.61 Å². The van der Waals surface area contributed by atoms with Gasteiger partial charge in [0.25, 0.3) is 0 Å². The van der Waals surface area contributed by atoms with Gasteiger partial charge < -0.3 is 9.84 Å². The number of hydrogen-bond acceptors (Lipinski definition) is 2. The van der Waals surface area contributed by atoms with Crippen molar-refractivity contribution in [3.63, 3.8) is 0 Å². The van der Waals surface area contributed by atoms with Gasteiger partial charge >= 0.3 is 0 Å². The average Bonchev–Trinajstić information content (AvgIpc) is 3.09. The lowest BCUT2D eigenvalue weighted by atomic mass is 10.1. The summed E-state index contributed by atoms with van der Waals surface area (Å²) in [7, 11) is -0.566. The van der Waals surface area contributed by atoms with Crippen LogP contribution in [0, 0.1) is 14.3 Å². The first-order valence-electron chi connectivity index (χ1n) is 9.70. The smallest absolute Gasteiger partial charge is 0.142 e. The number of fused-ring (bicyclic) bond motifs is 3. The second-order valence-electron chi connectivity index (χ2n) is 7.35. The molecule has 7 heteroatoms. The standard InChI is InChI=1S/C25H16I4O2S/c26-15-1-7-23-19(11-15)20-12-16(27)2-8-24(20)32(23)18-5-3-17(4-6-18)31-13-14-9-21(28)25(30)22(29)10-14/h1-12,30,32H,13H2. The summed E-state index contributed by atoms with van der Waals surface area (Å²) in [6, 6.07) is 26.1. The largest absolute Gasteiger partial charge is 0.506 e. The molecular formula is C25H16I4O2S. The van der Waals surface area contributed by atoms with Crippen LogP contribution in [0.1, 0.15) is 5.56 Å². The monoisotopic (exact) mass is 888 g/mol. The lowest BCUT2D eigenvalue weighted by Crippen LogP contribution is -1.97. The number of hydrogen-bond donors (Lipinski definition) is 2. The van der Waals surface area contributed by atoms with Crippen molar-refractivity contribution in [3.8, 4) is 22.6 Å². The topological polar surface area (TPSA) is 29.5 Å². The lowest BCUT2D eigenvalue weighted by Gasteiger charge is -2.19. The third-order valence-electron chi connectivity index (χ3n) is 5.27. The summed E-state index contributed by atoms with van der Waals surface area (Å²) in [5, 5.41) is 9.97. The van der Waals surface area contributed by atoms with E-state index >= 15 is 0 Å². The number of halogens is 4. The molecule has 0 aromatic heterocycles. The van der Waals surface area contributed by atoms with E-state index in [2.05, 4.69) is 151 Å². The van der Waals surface area contributed by atoms with Crippen molar-refractivity contribution in [2.45, 2.75) is 21.3 Å². The molecule has 1 heterocycles. The number of rotatable bonds is 4. The molecule has 0 unspecified atom stereocenters. The summed E-state index contributed by atoms with van der Waals surface area (Å²) in [5.74, 6) is 1.19. The highest BCUT2D eigenvalue weighted by Gasteiger charge is 2.27. The fourth-order valence-electron chi connectivity index (χ4n) is 3.81. The zero-order valence-electron chi connectivity index (χ0n) is 16.4. The van der Waals surface area contributed by atoms with Crippen molar-refractivity contribution in [2.75, 3.05) is 0 Å². The average molecular weight is 888 g/mol. The Morgan fingerprint density at radius 3 is 1.75 bits per heavy atom. The van der Waals surface area contributed by atoms with Gasteiger partial charge in [0.15, 0.2) is 0 Å². The Kier molecular flexibility index (Phi) is 7.18. The molecule has 4 aromatic carbocycles. The molecule has 1 N–H and O–H groups in total. The summed E-state index contributed by atoms with van der Waals surface area (Å²) in [4.78, 5) is 4.20. The molecule has 0 saturated heterocycles. The Morgan fingerprint density at radius 2 is 1.22 bits per heavy atom. The molecular weight excluding hydrogens is 872 g/mol. The summed E-state index contributed by atoms with van der Waals surface area (Å²) in [6.45, 7) is 0.475. The van der Waals surface area contributed by atoms with Gasteiger partial charge in [-0.05, 0) is 185 Å². The first-order chi connectivity index (χ1) is 15.4. The van der Waals surface area contributed by atoms with Crippen LogP contribution in [0.25, 0.3) is 11.1 Å². The minimum Gasteiger partial charge on any atom is -0.506 e. The number of aromatic hydroxyl groups is 1. The number of ether oxygens (including phenoxy) is 1. The molecule has 0 atom stereocenters. The minimum absolute atomic E-state index is 0.336. The summed E-state index contributed by atoms with van der Waals surface area (Å²) < 4.78 is 10.3. The third kappa shape index (κ3) is 4.65. The maximum absolute atomic E-state index is 9.97. The van der Waals surface area contributed by atoms with Crippen LogP contribution >= 0.6 is 101 Å². The van der Waals surface area contributed by atoms with Crippen molar-refractivity contribution in [1.82, 2.24) is 0 Å². The molecule has 0 fully saturated rings. The van der Waals surface area contributed by atoms with Gasteiger partial charge in [0.05, 0.1) is 7.14 Å². The quantitative estimate of drug-likeness (QED) is 0.140. The van der Waals surface area contributed by atoms with E-state index in [1.54, 1.807) is 0 Å². The zero-order valence-corrected chi connectivity index (χ0v) is 26.0. The van der Waals surface area contributed by atoms with Crippen LogP contribution in [-0.4, -0.2) is 5.11 Å². The maximum atomic E-state index is 9.97. The second kappa shape index (κ2) is 9.78. The molecule has 1 aliphatic heterocycles. The van der Waals surface area contributed by atoms with Crippen LogP contribution in [0.4, 0.5) is 0 Å². The first kappa shape index (κ1) is 23.5. The highest BCUT2D eigenvalue weighted by molar-refractivity contribution is 14.1. The SMILES string of the molecule is Oc1c(I)cc(COc2ccc([SH]3c4ccc(I)cc4-c4cc(I)ccc43)cc2)cc1I. The molecule has 32 heavy (non-hydrogen) atoms. The van der Waals surface area contributed by atoms with Crippen molar-refractivity contribution >= 4 is 101 Å². The summed E-state index contributed by atoms with van der Waals surface area (Å²) >= 11 is 9.10. The Bertz CT molecular complexity index is 1260. The second-order valence-corrected chi connectivity index (χ2v) is 14.3. The van der Waals surface area contributed by atoms with Crippen LogP contribution in [0.15, 0.2) is 87.5 Å². The normalized spacial score (nSPS) is 13.1. The molecule has 1 aliphatic rings. The Labute approximate surface area is 244 Å². The lowest BCUT2D eigenvalue weighted by molar-refractivity contribution is 0.305. The number of phenols is 1. The van der Waals surface area contributed by atoms with E-state index < -0.39 is 10.9 Å². The van der Waals surface area contributed by atoms with Crippen molar-refractivity contribution < 1.29 is 9.84 Å². The van der Waals surface area contributed by atoms with E-state index in [0.29, 0.717) is 12.4 Å². The molecule has 2 nitrogen and oxygen atoms in total. The molecule has 0 amide bonds. The zero-order chi connectivity index (χ0) is 22.4. The molecule has 0 radical (unpaired) electrons. The highest BCUT2D eigenvalue weighted by Crippen LogP contribution is 2.62.